The lowest BCUT2D eigenvalue weighted by atomic mass is 9.93. The molecular weight excluding hydrogens is 314 g/mol. The molecule has 3 heterocycles. The maximum atomic E-state index is 12.8. The van der Waals surface area contributed by atoms with E-state index in [0.29, 0.717) is 12.2 Å². The van der Waals surface area contributed by atoms with Crippen LogP contribution in [0.25, 0.3) is 0 Å². The van der Waals surface area contributed by atoms with Crippen LogP contribution >= 0.6 is 23.1 Å². The van der Waals surface area contributed by atoms with Crippen LogP contribution < -0.4 is 0 Å². The van der Waals surface area contributed by atoms with Crippen LogP contribution in [-0.4, -0.2) is 26.1 Å². The van der Waals surface area contributed by atoms with Crippen molar-refractivity contribution in [1.29, 1.82) is 0 Å². The molecule has 22 heavy (non-hydrogen) atoms. The first kappa shape index (κ1) is 13.6. The average molecular weight is 327 g/mol. The molecule has 1 aromatic carbocycles. The summed E-state index contributed by atoms with van der Waals surface area (Å²) in [6.07, 6.45) is 2.46. The molecule has 3 aromatic rings. The lowest BCUT2D eigenvalue weighted by Crippen LogP contribution is -2.40. The van der Waals surface area contributed by atoms with E-state index in [1.54, 1.807) is 17.5 Å². The SMILES string of the molecule is O=C(c1cnsn1)N1CCc2sccc2C1c1ccccc1. The van der Waals surface area contributed by atoms with Crippen molar-refractivity contribution in [2.45, 2.75) is 12.5 Å². The number of hydrogen-bond donors (Lipinski definition) is 0. The minimum absolute atomic E-state index is 0.0367. The van der Waals surface area contributed by atoms with Crippen LogP contribution in [-0.2, 0) is 6.42 Å². The number of carbonyl (C=O) groups excluding carboxylic acids is 1. The van der Waals surface area contributed by atoms with E-state index in [1.165, 1.54) is 10.4 Å². The van der Waals surface area contributed by atoms with Gasteiger partial charge in [0.1, 0.15) is 0 Å². The third kappa shape index (κ3) is 2.24. The van der Waals surface area contributed by atoms with Crippen LogP contribution in [0.2, 0.25) is 0 Å². The van der Waals surface area contributed by atoms with Gasteiger partial charge in [0.2, 0.25) is 0 Å². The first-order valence-corrected chi connectivity index (χ1v) is 8.65. The quantitative estimate of drug-likeness (QED) is 0.725. The van der Waals surface area contributed by atoms with Crippen molar-refractivity contribution in [3.05, 3.63) is 69.7 Å². The van der Waals surface area contributed by atoms with E-state index in [1.807, 2.05) is 23.1 Å². The predicted octanol–water partition coefficient (Wildman–Crippen LogP) is 3.39. The number of thiophene rings is 1. The Hall–Kier alpha value is -2.05. The van der Waals surface area contributed by atoms with Crippen molar-refractivity contribution in [2.24, 2.45) is 0 Å². The standard InChI is InChI=1S/C16H13N3OS2/c20-16(13-10-17-22-18-13)19-8-6-14-12(7-9-21-14)15(19)11-4-2-1-3-5-11/h1-5,7,9-10,15H,6,8H2. The van der Waals surface area contributed by atoms with E-state index in [0.717, 1.165) is 23.7 Å². The van der Waals surface area contributed by atoms with E-state index >= 15 is 0 Å². The van der Waals surface area contributed by atoms with E-state index < -0.39 is 0 Å². The van der Waals surface area contributed by atoms with Gasteiger partial charge in [0.25, 0.3) is 5.91 Å². The van der Waals surface area contributed by atoms with Crippen molar-refractivity contribution in [1.82, 2.24) is 13.6 Å². The summed E-state index contributed by atoms with van der Waals surface area (Å²) >= 11 is 2.84. The van der Waals surface area contributed by atoms with Crippen LogP contribution in [0, 0.1) is 0 Å². The van der Waals surface area contributed by atoms with Crippen LogP contribution in [0.3, 0.4) is 0 Å². The number of carbonyl (C=O) groups is 1. The summed E-state index contributed by atoms with van der Waals surface area (Å²) in [7, 11) is 0. The molecule has 0 saturated heterocycles. The molecule has 1 atom stereocenters. The molecule has 0 spiro atoms. The van der Waals surface area contributed by atoms with Gasteiger partial charge in [-0.1, -0.05) is 30.3 Å². The third-order valence-electron chi connectivity index (χ3n) is 3.92. The molecule has 0 radical (unpaired) electrons. The highest BCUT2D eigenvalue weighted by atomic mass is 32.1. The molecule has 1 aliphatic heterocycles. The third-order valence-corrected chi connectivity index (χ3v) is 5.40. The van der Waals surface area contributed by atoms with Gasteiger partial charge in [-0.05, 0) is 29.0 Å². The smallest absolute Gasteiger partial charge is 0.276 e. The highest BCUT2D eigenvalue weighted by Gasteiger charge is 2.33. The van der Waals surface area contributed by atoms with Crippen molar-refractivity contribution < 1.29 is 4.79 Å². The van der Waals surface area contributed by atoms with Gasteiger partial charge in [0.15, 0.2) is 5.69 Å². The van der Waals surface area contributed by atoms with Gasteiger partial charge in [-0.25, -0.2) is 0 Å². The molecule has 0 saturated carbocycles. The van der Waals surface area contributed by atoms with Crippen LogP contribution in [0.15, 0.2) is 48.0 Å². The van der Waals surface area contributed by atoms with E-state index in [4.69, 9.17) is 0 Å². The largest absolute Gasteiger partial charge is 0.326 e. The summed E-state index contributed by atoms with van der Waals surface area (Å²) < 4.78 is 8.06. The number of nitrogens with zero attached hydrogens (tertiary/aromatic N) is 3. The Balaban J connectivity index is 1.79. The van der Waals surface area contributed by atoms with Gasteiger partial charge in [-0.2, -0.15) is 8.75 Å². The average Bonchev–Trinajstić information content (AvgIpc) is 3.25. The number of amides is 1. The Morgan fingerprint density at radius 2 is 2.09 bits per heavy atom. The van der Waals surface area contributed by atoms with Crippen molar-refractivity contribution in [3.63, 3.8) is 0 Å². The Morgan fingerprint density at radius 3 is 2.86 bits per heavy atom. The predicted molar refractivity (Wildman–Crippen MR) is 87.3 cm³/mol. The second kappa shape index (κ2) is 5.62. The minimum Gasteiger partial charge on any atom is -0.326 e. The Morgan fingerprint density at radius 1 is 1.23 bits per heavy atom. The fourth-order valence-electron chi connectivity index (χ4n) is 2.94. The molecule has 0 bridgehead atoms. The highest BCUT2D eigenvalue weighted by Crippen LogP contribution is 2.38. The van der Waals surface area contributed by atoms with Gasteiger partial charge >= 0.3 is 0 Å². The lowest BCUT2D eigenvalue weighted by Gasteiger charge is -2.35. The lowest BCUT2D eigenvalue weighted by molar-refractivity contribution is 0.0691. The molecule has 4 rings (SSSR count). The summed E-state index contributed by atoms with van der Waals surface area (Å²) in [5, 5.41) is 2.11. The van der Waals surface area contributed by atoms with E-state index in [2.05, 4.69) is 32.3 Å². The Kier molecular flexibility index (Phi) is 3.48. The van der Waals surface area contributed by atoms with Gasteiger partial charge < -0.3 is 4.90 Å². The molecule has 1 aliphatic rings. The number of aromatic nitrogens is 2. The zero-order chi connectivity index (χ0) is 14.9. The number of fused-ring (bicyclic) bond motifs is 1. The maximum Gasteiger partial charge on any atom is 0.276 e. The molecule has 1 unspecified atom stereocenters. The number of benzene rings is 1. The van der Waals surface area contributed by atoms with Crippen molar-refractivity contribution >= 4 is 29.0 Å². The molecule has 6 heteroatoms. The van der Waals surface area contributed by atoms with Crippen LogP contribution in [0.4, 0.5) is 0 Å². The summed E-state index contributed by atoms with van der Waals surface area (Å²) in [4.78, 5) is 16.1. The fourth-order valence-corrected chi connectivity index (χ4v) is 4.25. The van der Waals surface area contributed by atoms with Gasteiger partial charge in [0, 0.05) is 11.4 Å². The Labute approximate surface area is 136 Å². The fraction of sp³-hybridized carbons (Fsp3) is 0.188. The van der Waals surface area contributed by atoms with E-state index in [9.17, 15) is 4.79 Å². The zero-order valence-corrected chi connectivity index (χ0v) is 13.3. The molecule has 0 aliphatic carbocycles. The monoisotopic (exact) mass is 327 g/mol. The van der Waals surface area contributed by atoms with Gasteiger partial charge in [-0.15, -0.1) is 11.3 Å². The van der Waals surface area contributed by atoms with Gasteiger partial charge in [0.05, 0.1) is 24.0 Å². The molecular formula is C16H13N3OS2. The molecule has 110 valence electrons. The van der Waals surface area contributed by atoms with E-state index in [-0.39, 0.29) is 11.9 Å². The van der Waals surface area contributed by atoms with Crippen LogP contribution in [0.1, 0.15) is 32.5 Å². The second-order valence-corrected chi connectivity index (χ2v) is 6.71. The Bertz CT molecular complexity index is 783. The van der Waals surface area contributed by atoms with Crippen LogP contribution in [0.5, 0.6) is 0 Å². The van der Waals surface area contributed by atoms with Crippen molar-refractivity contribution in [3.8, 4) is 0 Å². The molecule has 0 N–H and O–H groups in total. The summed E-state index contributed by atoms with van der Waals surface area (Å²) in [6, 6.07) is 12.3. The van der Waals surface area contributed by atoms with Gasteiger partial charge in [-0.3, -0.25) is 4.79 Å². The zero-order valence-electron chi connectivity index (χ0n) is 11.7. The minimum atomic E-state index is -0.0422. The molecule has 1 amide bonds. The summed E-state index contributed by atoms with van der Waals surface area (Å²) in [6.45, 7) is 0.712. The topological polar surface area (TPSA) is 46.1 Å². The normalized spacial score (nSPS) is 17.3. The molecule has 4 nitrogen and oxygen atoms in total. The number of hydrogen-bond acceptors (Lipinski definition) is 5. The molecule has 0 fully saturated rings. The number of rotatable bonds is 2. The second-order valence-electron chi connectivity index (χ2n) is 5.15. The summed E-state index contributed by atoms with van der Waals surface area (Å²) in [5.74, 6) is -0.0422. The first-order valence-electron chi connectivity index (χ1n) is 7.04. The van der Waals surface area contributed by atoms with Crippen molar-refractivity contribution in [2.75, 3.05) is 6.54 Å². The summed E-state index contributed by atoms with van der Waals surface area (Å²) in [5.41, 5.74) is 2.81. The highest BCUT2D eigenvalue weighted by molar-refractivity contribution is 7.10. The maximum absolute atomic E-state index is 12.8. The molecule has 2 aromatic heterocycles. The first-order chi connectivity index (χ1) is 10.8.